The lowest BCUT2D eigenvalue weighted by molar-refractivity contribution is 1.18. The van der Waals surface area contributed by atoms with Gasteiger partial charge in [0.1, 0.15) is 0 Å². The van der Waals surface area contributed by atoms with Crippen molar-refractivity contribution in [1.29, 1.82) is 0 Å². The van der Waals surface area contributed by atoms with E-state index in [0.717, 1.165) is 17.1 Å². The van der Waals surface area contributed by atoms with E-state index in [2.05, 4.69) is 561 Å². The second-order valence-corrected chi connectivity index (χ2v) is 36.6. The predicted molar refractivity (Wildman–Crippen MR) is 593 cm³/mol. The van der Waals surface area contributed by atoms with Gasteiger partial charge < -0.3 is 27.4 Å². The summed E-state index contributed by atoms with van der Waals surface area (Å²) < 4.78 is 14.5. The van der Waals surface area contributed by atoms with Gasteiger partial charge in [-0.25, -0.2) is 0 Å². The Balaban J connectivity index is 0.000000106. The Morgan fingerprint density at radius 2 is 0.300 bits per heavy atom. The van der Waals surface area contributed by atoms with Gasteiger partial charge in [0.15, 0.2) is 0 Å². The summed E-state index contributed by atoms with van der Waals surface area (Å²) in [6, 6.07) is 194. The van der Waals surface area contributed by atoms with Gasteiger partial charge in [-0.1, -0.05) is 394 Å². The first kappa shape index (κ1) is 81.0. The average molecular weight is 1780 g/mol. The van der Waals surface area contributed by atoms with Crippen molar-refractivity contribution in [3.8, 4) is 101 Å². The van der Waals surface area contributed by atoms with Crippen molar-refractivity contribution in [2.45, 2.75) is 0 Å². The minimum absolute atomic E-state index is 1.16. The van der Waals surface area contributed by atoms with Gasteiger partial charge in [-0.3, -0.25) is 0 Å². The van der Waals surface area contributed by atoms with Crippen molar-refractivity contribution in [2.24, 2.45) is 0 Å². The predicted octanol–water partition coefficient (Wildman–Crippen LogP) is 36.0. The highest BCUT2D eigenvalue weighted by Gasteiger charge is 2.24. The summed E-state index contributed by atoms with van der Waals surface area (Å²) in [7, 11) is 0. The van der Waals surface area contributed by atoms with Crippen LogP contribution in [0.3, 0.4) is 0 Å². The third-order valence-corrected chi connectivity index (χ3v) is 28.8. The number of benzene rings is 23. The lowest BCUT2D eigenvalue weighted by Gasteiger charge is -2.13. The minimum atomic E-state index is 1.16. The molecule has 6 heteroatoms. The zero-order chi connectivity index (χ0) is 92.2. The number of fused-ring (bicyclic) bond motifs is 20. The van der Waals surface area contributed by atoms with Crippen LogP contribution >= 0.6 is 0 Å². The Kier molecular flexibility index (Phi) is 19.5. The van der Waals surface area contributed by atoms with Crippen LogP contribution in [0.1, 0.15) is 0 Å². The van der Waals surface area contributed by atoms with Crippen molar-refractivity contribution < 1.29 is 0 Å². The van der Waals surface area contributed by atoms with Crippen LogP contribution in [0.2, 0.25) is 0 Å². The maximum absolute atomic E-state index is 2.44. The quantitative estimate of drug-likeness (QED) is 0.117. The van der Waals surface area contributed by atoms with Crippen LogP contribution in [-0.4, -0.2) is 27.4 Å². The van der Waals surface area contributed by atoms with E-state index in [4.69, 9.17) is 0 Å². The largest absolute Gasteiger partial charge is 0.309 e. The molecule has 0 N–H and O–H groups in total. The van der Waals surface area contributed by atoms with E-state index in [1.54, 1.807) is 0 Å². The molecule has 0 aliphatic rings. The highest BCUT2D eigenvalue weighted by atomic mass is 15.0. The Bertz CT molecular complexity index is 9890. The summed E-state index contributed by atoms with van der Waals surface area (Å²) in [5.41, 5.74) is 36.1. The first-order chi connectivity index (χ1) is 69.4. The lowest BCUT2D eigenvalue weighted by Crippen LogP contribution is -1.95. The van der Waals surface area contributed by atoms with Gasteiger partial charge >= 0.3 is 0 Å². The zero-order valence-corrected chi connectivity index (χ0v) is 76.5. The minimum Gasteiger partial charge on any atom is -0.309 e. The number of aromatic nitrogens is 6. The maximum atomic E-state index is 2.44. The van der Waals surface area contributed by atoms with Crippen molar-refractivity contribution in [2.75, 3.05) is 0 Å². The van der Waals surface area contributed by atoms with E-state index >= 15 is 0 Å². The second-order valence-electron chi connectivity index (χ2n) is 36.6. The fourth-order valence-electron chi connectivity index (χ4n) is 22.1. The normalized spacial score (nSPS) is 11.7. The Labute approximate surface area is 808 Å². The first-order valence-electron chi connectivity index (χ1n) is 48.2. The molecule has 6 aromatic heterocycles. The topological polar surface area (TPSA) is 29.6 Å². The molecule has 23 aromatic carbocycles. The molecule has 0 unspecified atom stereocenters. The van der Waals surface area contributed by atoms with E-state index in [1.807, 2.05) is 0 Å². The molecular formula is C134H88N6. The lowest BCUT2D eigenvalue weighted by atomic mass is 10.0. The molecule has 0 radical (unpaired) electrons. The van der Waals surface area contributed by atoms with Crippen LogP contribution in [0.15, 0.2) is 534 Å². The number of nitrogens with zero attached hydrogens (tertiary/aromatic N) is 6. The Hall–Kier alpha value is -18.6. The van der Waals surface area contributed by atoms with Gasteiger partial charge in [-0.05, 0) is 222 Å². The van der Waals surface area contributed by atoms with Crippen molar-refractivity contribution in [1.82, 2.24) is 27.4 Å². The fraction of sp³-hybridized carbons (Fsp3) is 0. The van der Waals surface area contributed by atoms with E-state index in [-0.39, 0.29) is 0 Å². The van der Waals surface area contributed by atoms with Gasteiger partial charge in [0.2, 0.25) is 0 Å². The van der Waals surface area contributed by atoms with E-state index in [9.17, 15) is 0 Å². The van der Waals surface area contributed by atoms with Crippen LogP contribution in [-0.2, 0) is 0 Å². The summed E-state index contributed by atoms with van der Waals surface area (Å²) in [6.45, 7) is 0. The molecule has 29 aromatic rings. The summed E-state index contributed by atoms with van der Waals surface area (Å²) in [5.74, 6) is 0. The van der Waals surface area contributed by atoms with Gasteiger partial charge in [0.25, 0.3) is 0 Å². The average Bonchev–Trinajstić information content (AvgIpc) is 1.58. The van der Waals surface area contributed by atoms with Crippen molar-refractivity contribution in [3.63, 3.8) is 0 Å². The second kappa shape index (κ2) is 33.8. The van der Waals surface area contributed by atoms with E-state index in [1.165, 1.54) is 236 Å². The molecule has 140 heavy (non-hydrogen) atoms. The molecule has 0 saturated carbocycles. The molecule has 0 fully saturated rings. The van der Waals surface area contributed by atoms with Crippen LogP contribution in [0.4, 0.5) is 0 Å². The van der Waals surface area contributed by atoms with Crippen LogP contribution in [0, 0.1) is 0 Å². The molecule has 6 heterocycles. The summed E-state index contributed by atoms with van der Waals surface area (Å²) in [5, 5.41) is 20.1. The highest BCUT2D eigenvalue weighted by Crippen LogP contribution is 2.46. The molecule has 29 rings (SSSR count). The molecule has 0 saturated heterocycles. The van der Waals surface area contributed by atoms with Crippen molar-refractivity contribution >= 4 is 152 Å². The molecule has 654 valence electrons. The summed E-state index contributed by atoms with van der Waals surface area (Å²) >= 11 is 0. The molecule has 0 atom stereocenters. The smallest absolute Gasteiger partial charge is 0.0547 e. The van der Waals surface area contributed by atoms with Crippen molar-refractivity contribution in [3.05, 3.63) is 534 Å². The number of para-hydroxylation sites is 7. The Morgan fingerprint density at radius 1 is 0.0929 bits per heavy atom. The summed E-state index contributed by atoms with van der Waals surface area (Å²) in [4.78, 5) is 0. The molecule has 0 aliphatic heterocycles. The Morgan fingerprint density at radius 3 is 0.621 bits per heavy atom. The molecule has 6 nitrogen and oxygen atoms in total. The number of hydrogen-bond donors (Lipinski definition) is 0. The first-order valence-corrected chi connectivity index (χ1v) is 48.2. The van der Waals surface area contributed by atoms with Crippen LogP contribution < -0.4 is 0 Å². The van der Waals surface area contributed by atoms with Gasteiger partial charge in [0, 0.05) is 98.5 Å². The van der Waals surface area contributed by atoms with E-state index < -0.39 is 0 Å². The van der Waals surface area contributed by atoms with Gasteiger partial charge in [-0.2, -0.15) is 0 Å². The van der Waals surface area contributed by atoms with Gasteiger partial charge in [0.05, 0.1) is 71.9 Å². The molecule has 0 bridgehead atoms. The van der Waals surface area contributed by atoms with Gasteiger partial charge in [-0.15, -0.1) is 0 Å². The SMILES string of the molecule is c1ccc(-c2ccc(-n3c4ccccc4c4ccc(-c5ccc6c7ccccc7n(-c7ccc8ccccc8c7)c6c5)cc43)cc2)cc1.c1ccc(-c2ccc(-n3c4ccccc4c4ccc(-c5ccc6c7ccccc7n(-c7cccc8ccccc78)c6c5)cc43)cc2)cc1.c1ccc(-c2ccc(-n3c4ccccc4c4ccc(-c5ccc6c7ccccc7n(-c7ccccc7)c6c5)cc43)cc2)cc1. The molecule has 0 amide bonds. The molecular weight excluding hydrogens is 1690 g/mol. The zero-order valence-electron chi connectivity index (χ0n) is 76.5. The maximum Gasteiger partial charge on any atom is 0.0547 e. The molecule has 0 aliphatic carbocycles. The number of hydrogen-bond acceptors (Lipinski definition) is 0. The standard InChI is InChI=1S/2C46H30N2.C42H28N2/c1-2-11-31(12-3-1)32-21-25-36(26-22-32)47-43-18-8-6-16-38(43)40-27-23-34(29-45(40)47)35-24-28-41-39-17-7-9-19-44(39)48(46(41)30-35)42-20-10-14-33-13-4-5-15-37(33)42;1-2-10-31(11-3-1)33-18-23-37(24-19-33)47-43-16-8-6-14-39(43)41-26-21-35(29-45(41)47)36-22-27-42-40-15-7-9-17-44(40)48(46(42)30-36)38-25-20-32-12-4-5-13-34(32)28-38;1-3-11-29(12-4-1)30-19-23-34(24-20-30)44-40-18-10-8-16-36(40)38-26-22-32(28-42(38)44)31-21-25-37-35-15-7-9-17-39(35)43(41(37)27-31)33-13-5-2-6-14-33/h2*1-30H;1-28H. The molecule has 0 spiro atoms. The third-order valence-electron chi connectivity index (χ3n) is 28.8. The third kappa shape index (κ3) is 13.8. The fourth-order valence-corrected chi connectivity index (χ4v) is 22.1. The monoisotopic (exact) mass is 1780 g/mol. The summed E-state index contributed by atoms with van der Waals surface area (Å²) in [6.07, 6.45) is 0. The van der Waals surface area contributed by atoms with E-state index in [0.29, 0.717) is 0 Å². The van der Waals surface area contributed by atoms with Crippen LogP contribution in [0.25, 0.3) is 253 Å². The van der Waals surface area contributed by atoms with Crippen LogP contribution in [0.5, 0.6) is 0 Å². The number of rotatable bonds is 12. The highest BCUT2D eigenvalue weighted by molar-refractivity contribution is 6.17.